The van der Waals surface area contributed by atoms with Gasteiger partial charge in [-0.2, -0.15) is 0 Å². The van der Waals surface area contributed by atoms with Crippen LogP contribution in [0.25, 0.3) is 0 Å². The Morgan fingerprint density at radius 1 is 0.947 bits per heavy atom. The van der Waals surface area contributed by atoms with Crippen molar-refractivity contribution in [1.82, 2.24) is 16.0 Å². The molecule has 0 bridgehead atoms. The van der Waals surface area contributed by atoms with Gasteiger partial charge < -0.3 is 16.0 Å². The molecule has 0 spiro atoms. The normalized spacial score (nSPS) is 22.6. The van der Waals surface area contributed by atoms with Gasteiger partial charge in [-0.1, -0.05) is 26.2 Å². The second kappa shape index (κ2) is 8.77. The van der Waals surface area contributed by atoms with Crippen LogP contribution in [0.3, 0.4) is 0 Å². The molecule has 0 unspecified atom stereocenters. The molecule has 5 nitrogen and oxygen atoms in total. The Kier molecular flexibility index (Phi) is 7.30. The smallest absolute Gasteiger partial charge is 0.315 e. The van der Waals surface area contributed by atoms with Crippen molar-refractivity contribution in [3.63, 3.8) is 0 Å². The zero-order valence-electron chi connectivity index (χ0n) is 12.1. The monoisotopic (exact) mass is 269 g/mol. The number of rotatable bonds is 6. The lowest BCUT2D eigenvalue weighted by Gasteiger charge is -2.27. The topological polar surface area (TPSA) is 70.2 Å². The van der Waals surface area contributed by atoms with Crippen molar-refractivity contribution in [3.05, 3.63) is 0 Å². The van der Waals surface area contributed by atoms with E-state index >= 15 is 0 Å². The molecule has 0 aromatic rings. The summed E-state index contributed by atoms with van der Waals surface area (Å²) in [5.74, 6) is 1.32. The molecule has 110 valence electrons. The third kappa shape index (κ3) is 6.45. The number of nitrogens with one attached hydrogen (secondary N) is 3. The van der Waals surface area contributed by atoms with Crippen LogP contribution >= 0.6 is 0 Å². The van der Waals surface area contributed by atoms with Gasteiger partial charge in [-0.15, -0.1) is 0 Å². The van der Waals surface area contributed by atoms with E-state index in [0.29, 0.717) is 12.5 Å². The van der Waals surface area contributed by atoms with E-state index in [2.05, 4.69) is 22.9 Å². The standard InChI is InChI=1S/C14H27N3O2/c1-3-11-5-7-12(8-6-11)9-16-14(19)17-10-13(18)15-4-2/h11-12H,3-10H2,1-2H3,(H,15,18)(H2,16,17,19). The minimum atomic E-state index is -0.246. The summed E-state index contributed by atoms with van der Waals surface area (Å²) in [6.07, 6.45) is 6.24. The molecule has 0 heterocycles. The van der Waals surface area contributed by atoms with Gasteiger partial charge >= 0.3 is 6.03 Å². The zero-order chi connectivity index (χ0) is 14.1. The fourth-order valence-corrected chi connectivity index (χ4v) is 2.56. The molecule has 0 aliphatic heterocycles. The van der Waals surface area contributed by atoms with Crippen LogP contribution in [-0.2, 0) is 4.79 Å². The molecular weight excluding hydrogens is 242 g/mol. The van der Waals surface area contributed by atoms with E-state index in [1.807, 2.05) is 6.92 Å². The summed E-state index contributed by atoms with van der Waals surface area (Å²) in [5.41, 5.74) is 0. The van der Waals surface area contributed by atoms with Gasteiger partial charge in [-0.25, -0.2) is 4.79 Å². The first-order valence-corrected chi connectivity index (χ1v) is 7.44. The molecule has 0 aromatic heterocycles. The fraction of sp³-hybridized carbons (Fsp3) is 0.857. The maximum atomic E-state index is 11.5. The molecule has 0 saturated heterocycles. The van der Waals surface area contributed by atoms with Crippen molar-refractivity contribution < 1.29 is 9.59 Å². The van der Waals surface area contributed by atoms with E-state index in [9.17, 15) is 9.59 Å². The van der Waals surface area contributed by atoms with Crippen molar-refractivity contribution >= 4 is 11.9 Å². The number of hydrogen-bond donors (Lipinski definition) is 3. The Balaban J connectivity index is 2.08. The highest BCUT2D eigenvalue weighted by atomic mass is 16.2. The molecule has 1 rings (SSSR count). The molecule has 19 heavy (non-hydrogen) atoms. The Bertz CT molecular complexity index is 286. The maximum absolute atomic E-state index is 11.5. The van der Waals surface area contributed by atoms with Gasteiger partial charge in [-0.3, -0.25) is 4.79 Å². The molecule has 5 heteroatoms. The quantitative estimate of drug-likeness (QED) is 0.686. The first-order chi connectivity index (χ1) is 9.15. The van der Waals surface area contributed by atoms with Crippen molar-refractivity contribution in [2.24, 2.45) is 11.8 Å². The van der Waals surface area contributed by atoms with Crippen molar-refractivity contribution in [1.29, 1.82) is 0 Å². The lowest BCUT2D eigenvalue weighted by molar-refractivity contribution is -0.119. The van der Waals surface area contributed by atoms with E-state index in [0.717, 1.165) is 12.5 Å². The Hall–Kier alpha value is -1.26. The average molecular weight is 269 g/mol. The Morgan fingerprint density at radius 3 is 2.16 bits per heavy atom. The molecule has 3 N–H and O–H groups in total. The lowest BCUT2D eigenvalue weighted by atomic mass is 9.81. The van der Waals surface area contributed by atoms with Crippen LogP contribution in [0.5, 0.6) is 0 Å². The second-order valence-electron chi connectivity index (χ2n) is 5.31. The van der Waals surface area contributed by atoms with Gasteiger partial charge in [0.05, 0.1) is 6.54 Å². The summed E-state index contributed by atoms with van der Waals surface area (Å²) in [4.78, 5) is 22.7. The van der Waals surface area contributed by atoms with Crippen LogP contribution in [-0.4, -0.2) is 31.6 Å². The van der Waals surface area contributed by atoms with Crippen LogP contribution in [0.2, 0.25) is 0 Å². The van der Waals surface area contributed by atoms with Crippen LogP contribution in [0, 0.1) is 11.8 Å². The van der Waals surface area contributed by atoms with Crippen molar-refractivity contribution in [3.8, 4) is 0 Å². The molecule has 0 radical (unpaired) electrons. The summed E-state index contributed by atoms with van der Waals surface area (Å²) in [6, 6.07) is -0.246. The van der Waals surface area contributed by atoms with Crippen molar-refractivity contribution in [2.45, 2.75) is 46.0 Å². The number of carbonyl (C=O) groups is 2. The summed E-state index contributed by atoms with van der Waals surface area (Å²) >= 11 is 0. The van der Waals surface area contributed by atoms with Crippen LogP contribution < -0.4 is 16.0 Å². The molecule has 3 amide bonds. The molecule has 1 aliphatic carbocycles. The predicted molar refractivity (Wildman–Crippen MR) is 75.8 cm³/mol. The predicted octanol–water partition coefficient (Wildman–Crippen LogP) is 1.64. The van der Waals surface area contributed by atoms with Gasteiger partial charge in [0.25, 0.3) is 0 Å². The highest BCUT2D eigenvalue weighted by Gasteiger charge is 2.20. The van der Waals surface area contributed by atoms with E-state index in [4.69, 9.17) is 0 Å². The lowest BCUT2D eigenvalue weighted by Crippen LogP contribution is -2.43. The van der Waals surface area contributed by atoms with E-state index in [1.165, 1.54) is 32.1 Å². The molecule has 1 saturated carbocycles. The van der Waals surface area contributed by atoms with Crippen LogP contribution in [0.15, 0.2) is 0 Å². The first-order valence-electron chi connectivity index (χ1n) is 7.44. The first kappa shape index (κ1) is 15.8. The van der Waals surface area contributed by atoms with Crippen molar-refractivity contribution in [2.75, 3.05) is 19.6 Å². The minimum Gasteiger partial charge on any atom is -0.355 e. The summed E-state index contributed by atoms with van der Waals surface area (Å²) < 4.78 is 0. The number of urea groups is 1. The van der Waals surface area contributed by atoms with Gasteiger partial charge in [-0.05, 0) is 31.6 Å². The van der Waals surface area contributed by atoms with Gasteiger partial charge in [0.2, 0.25) is 5.91 Å². The SMILES string of the molecule is CCNC(=O)CNC(=O)NCC1CCC(CC)CC1. The third-order valence-corrected chi connectivity index (χ3v) is 3.88. The summed E-state index contributed by atoms with van der Waals surface area (Å²) in [7, 11) is 0. The van der Waals surface area contributed by atoms with Gasteiger partial charge in [0.1, 0.15) is 0 Å². The van der Waals surface area contributed by atoms with Gasteiger partial charge in [0.15, 0.2) is 0 Å². The fourth-order valence-electron chi connectivity index (χ4n) is 2.56. The zero-order valence-corrected chi connectivity index (χ0v) is 12.1. The third-order valence-electron chi connectivity index (χ3n) is 3.88. The molecule has 1 fully saturated rings. The maximum Gasteiger partial charge on any atom is 0.315 e. The number of likely N-dealkylation sites (N-methyl/N-ethyl adjacent to an activating group) is 1. The van der Waals surface area contributed by atoms with E-state index < -0.39 is 0 Å². The summed E-state index contributed by atoms with van der Waals surface area (Å²) in [5, 5.41) is 8.05. The molecule has 0 atom stereocenters. The minimum absolute atomic E-state index is 0.0439. The Morgan fingerprint density at radius 2 is 1.58 bits per heavy atom. The Labute approximate surface area is 115 Å². The molecule has 1 aliphatic rings. The average Bonchev–Trinajstić information content (AvgIpc) is 2.44. The van der Waals surface area contributed by atoms with Crippen LogP contribution in [0.4, 0.5) is 4.79 Å². The van der Waals surface area contributed by atoms with Crippen LogP contribution in [0.1, 0.15) is 46.0 Å². The number of carbonyl (C=O) groups excluding carboxylic acids is 2. The second-order valence-corrected chi connectivity index (χ2v) is 5.31. The highest BCUT2D eigenvalue weighted by molar-refractivity contribution is 5.83. The molecule has 0 aromatic carbocycles. The summed E-state index contributed by atoms with van der Waals surface area (Å²) in [6.45, 7) is 5.45. The van der Waals surface area contributed by atoms with Gasteiger partial charge in [0, 0.05) is 13.1 Å². The van der Waals surface area contributed by atoms with E-state index in [1.54, 1.807) is 0 Å². The largest absolute Gasteiger partial charge is 0.355 e. The molecular formula is C14H27N3O2. The highest BCUT2D eigenvalue weighted by Crippen LogP contribution is 2.29. The van der Waals surface area contributed by atoms with E-state index in [-0.39, 0.29) is 18.5 Å². The number of hydrogen-bond acceptors (Lipinski definition) is 2. The number of amides is 3.